The highest BCUT2D eigenvalue weighted by Gasteiger charge is 2.07. The molecule has 0 saturated heterocycles. The van der Waals surface area contributed by atoms with Crippen molar-refractivity contribution in [2.24, 2.45) is 0 Å². The van der Waals surface area contributed by atoms with E-state index >= 15 is 0 Å². The third kappa shape index (κ3) is 3.43. The largest absolute Gasteiger partial charge is 0.456 e. The van der Waals surface area contributed by atoms with E-state index in [-0.39, 0.29) is 17.9 Å². The first-order chi connectivity index (χ1) is 8.65. The van der Waals surface area contributed by atoms with Crippen molar-refractivity contribution in [1.29, 1.82) is 0 Å². The Balaban J connectivity index is 2.00. The van der Waals surface area contributed by atoms with Crippen LogP contribution < -0.4 is 5.56 Å². The van der Waals surface area contributed by atoms with E-state index < -0.39 is 5.97 Å². The van der Waals surface area contributed by atoms with Crippen LogP contribution in [0.25, 0.3) is 0 Å². The monoisotopic (exact) mass is 351 g/mol. The van der Waals surface area contributed by atoms with Gasteiger partial charge in [-0.3, -0.25) is 4.79 Å². The summed E-state index contributed by atoms with van der Waals surface area (Å²) in [7, 11) is 0. The summed E-state index contributed by atoms with van der Waals surface area (Å²) in [6.07, 6.45) is 0. The van der Waals surface area contributed by atoms with Crippen LogP contribution in [0.4, 0.5) is 0 Å². The number of hydrogen-bond donors (Lipinski definition) is 1. The molecule has 2 rings (SSSR count). The lowest BCUT2D eigenvalue weighted by Crippen LogP contribution is -2.13. The Morgan fingerprint density at radius 3 is 2.56 bits per heavy atom. The van der Waals surface area contributed by atoms with Gasteiger partial charge in [0.1, 0.15) is 12.3 Å². The van der Waals surface area contributed by atoms with Crippen molar-refractivity contribution in [1.82, 2.24) is 4.98 Å². The molecule has 0 aliphatic carbocycles. The first-order valence-electron chi connectivity index (χ1n) is 5.26. The molecule has 1 N–H and O–H groups in total. The highest BCUT2D eigenvalue weighted by Crippen LogP contribution is 2.08. The minimum atomic E-state index is -0.536. The molecule has 0 fully saturated rings. The van der Waals surface area contributed by atoms with Crippen molar-refractivity contribution in [2.45, 2.75) is 6.61 Å². The molecule has 92 valence electrons. The summed E-state index contributed by atoms with van der Waals surface area (Å²) in [6, 6.07) is 12.0. The van der Waals surface area contributed by atoms with Gasteiger partial charge in [0.25, 0.3) is 0 Å². The van der Waals surface area contributed by atoms with Gasteiger partial charge in [0, 0.05) is 9.64 Å². The van der Waals surface area contributed by atoms with E-state index in [0.717, 1.165) is 9.13 Å². The second kappa shape index (κ2) is 5.81. The molecule has 0 bridgehead atoms. The molecule has 2 aromatic rings. The van der Waals surface area contributed by atoms with Crippen molar-refractivity contribution < 1.29 is 9.53 Å². The molecule has 18 heavy (non-hydrogen) atoms. The van der Waals surface area contributed by atoms with Crippen LogP contribution in [-0.2, 0) is 11.3 Å². The molecule has 0 amide bonds. The van der Waals surface area contributed by atoms with E-state index in [9.17, 15) is 9.59 Å². The number of benzene rings is 1. The average molecular weight is 351 g/mol. The molecular formula is C13H10INO3. The Bertz CT molecular complexity index is 604. The van der Waals surface area contributed by atoms with Crippen LogP contribution in [0.15, 0.2) is 47.3 Å². The molecule has 0 spiro atoms. The molecule has 0 aliphatic rings. The molecule has 0 radical (unpaired) electrons. The third-order valence-corrected chi connectivity index (χ3v) is 2.99. The number of halogens is 1. The molecule has 1 heterocycles. The molecule has 4 nitrogen and oxygen atoms in total. The van der Waals surface area contributed by atoms with E-state index in [1.165, 1.54) is 18.2 Å². The summed E-state index contributed by atoms with van der Waals surface area (Å²) in [5.74, 6) is -0.536. The maximum atomic E-state index is 11.6. The fourth-order valence-corrected chi connectivity index (χ4v) is 1.73. The maximum absolute atomic E-state index is 11.6. The predicted molar refractivity (Wildman–Crippen MR) is 75.3 cm³/mol. The van der Waals surface area contributed by atoms with Crippen molar-refractivity contribution in [3.8, 4) is 0 Å². The third-order valence-electron chi connectivity index (χ3n) is 2.27. The summed E-state index contributed by atoms with van der Waals surface area (Å²) in [5.41, 5.74) is 0.744. The normalized spacial score (nSPS) is 10.1. The molecule has 0 saturated carbocycles. The van der Waals surface area contributed by atoms with Crippen LogP contribution in [0, 0.1) is 3.57 Å². The predicted octanol–water partition coefficient (Wildman–Crippen LogP) is 2.34. The molecule has 5 heteroatoms. The second-order valence-corrected chi connectivity index (χ2v) is 4.88. The quantitative estimate of drug-likeness (QED) is 0.682. The second-order valence-electron chi connectivity index (χ2n) is 3.63. The molecule has 0 atom stereocenters. The topological polar surface area (TPSA) is 59.2 Å². The van der Waals surface area contributed by atoms with Gasteiger partial charge in [-0.2, -0.15) is 0 Å². The number of aromatic amines is 1. The van der Waals surface area contributed by atoms with Gasteiger partial charge in [-0.1, -0.05) is 18.2 Å². The lowest BCUT2D eigenvalue weighted by Gasteiger charge is -2.04. The Labute approximate surface area is 117 Å². The van der Waals surface area contributed by atoms with Crippen LogP contribution in [-0.4, -0.2) is 11.0 Å². The first kappa shape index (κ1) is 12.8. The fourth-order valence-electron chi connectivity index (χ4n) is 1.37. The number of carbonyl (C=O) groups is 1. The van der Waals surface area contributed by atoms with Crippen molar-refractivity contribution in [2.75, 3.05) is 0 Å². The number of ether oxygens (including phenoxy) is 1. The molecular weight excluding hydrogens is 341 g/mol. The zero-order chi connectivity index (χ0) is 13.0. The molecule has 1 aromatic carbocycles. The van der Waals surface area contributed by atoms with Gasteiger partial charge in [-0.15, -0.1) is 0 Å². The van der Waals surface area contributed by atoms with Crippen LogP contribution in [0.5, 0.6) is 0 Å². The standard InChI is InChI=1S/C13H10INO3/c14-10-6-4-9(5-7-10)8-18-13(17)11-2-1-3-12(16)15-11/h1-7H,8H2,(H,15,16)/i14-4. The van der Waals surface area contributed by atoms with Crippen LogP contribution >= 0.6 is 22.6 Å². The number of esters is 1. The minimum absolute atomic E-state index is 0.160. The Morgan fingerprint density at radius 1 is 1.17 bits per heavy atom. The Hall–Kier alpha value is -1.63. The van der Waals surface area contributed by atoms with Crippen LogP contribution in [0.2, 0.25) is 0 Å². The number of H-pyrrole nitrogens is 1. The number of aromatic nitrogens is 1. The lowest BCUT2D eigenvalue weighted by molar-refractivity contribution is 0.0465. The average Bonchev–Trinajstić information content (AvgIpc) is 2.38. The van der Waals surface area contributed by atoms with Gasteiger partial charge in [0.15, 0.2) is 0 Å². The number of hydrogen-bond acceptors (Lipinski definition) is 3. The summed E-state index contributed by atoms with van der Waals surface area (Å²) < 4.78 is 6.22. The van der Waals surface area contributed by atoms with E-state index in [1.807, 2.05) is 24.3 Å². The fraction of sp³-hybridized carbons (Fsp3) is 0.0769. The highest BCUT2D eigenvalue weighted by molar-refractivity contribution is 14.1. The zero-order valence-electron chi connectivity index (χ0n) is 9.35. The van der Waals surface area contributed by atoms with Gasteiger partial charge in [0.05, 0.1) is 0 Å². The SMILES string of the molecule is O=C(OCc1ccc([123I])cc1)c1cccc(=O)[nH]1. The van der Waals surface area contributed by atoms with E-state index in [1.54, 1.807) is 0 Å². The van der Waals surface area contributed by atoms with E-state index in [4.69, 9.17) is 4.74 Å². The highest BCUT2D eigenvalue weighted by atomic mass is 123. The summed E-state index contributed by atoms with van der Waals surface area (Å²) in [6.45, 7) is 0.187. The molecule has 1 aromatic heterocycles. The van der Waals surface area contributed by atoms with Gasteiger partial charge in [-0.05, 0) is 46.4 Å². The number of pyridine rings is 1. The molecule has 0 unspecified atom stereocenters. The van der Waals surface area contributed by atoms with Gasteiger partial charge in [-0.25, -0.2) is 4.79 Å². The number of nitrogens with one attached hydrogen (secondary N) is 1. The smallest absolute Gasteiger partial charge is 0.355 e. The Morgan fingerprint density at radius 2 is 1.89 bits per heavy atom. The van der Waals surface area contributed by atoms with Gasteiger partial charge in [0.2, 0.25) is 5.56 Å². The van der Waals surface area contributed by atoms with Gasteiger partial charge >= 0.3 is 5.97 Å². The minimum Gasteiger partial charge on any atom is -0.456 e. The molecule has 0 aliphatic heterocycles. The van der Waals surface area contributed by atoms with E-state index in [2.05, 4.69) is 27.6 Å². The first-order valence-corrected chi connectivity index (χ1v) is 6.34. The van der Waals surface area contributed by atoms with E-state index in [0.29, 0.717) is 0 Å². The van der Waals surface area contributed by atoms with Crippen molar-refractivity contribution in [3.63, 3.8) is 0 Å². The summed E-state index contributed by atoms with van der Waals surface area (Å²) in [5, 5.41) is 0. The van der Waals surface area contributed by atoms with Crippen LogP contribution in [0.3, 0.4) is 0 Å². The Kier molecular flexibility index (Phi) is 4.14. The van der Waals surface area contributed by atoms with Crippen molar-refractivity contribution >= 4 is 28.6 Å². The summed E-state index contributed by atoms with van der Waals surface area (Å²) in [4.78, 5) is 25.1. The maximum Gasteiger partial charge on any atom is 0.355 e. The lowest BCUT2D eigenvalue weighted by atomic mass is 10.2. The number of rotatable bonds is 3. The summed E-state index contributed by atoms with van der Waals surface area (Å²) >= 11 is 2.20. The van der Waals surface area contributed by atoms with Crippen LogP contribution in [0.1, 0.15) is 16.1 Å². The van der Waals surface area contributed by atoms with Gasteiger partial charge < -0.3 is 9.72 Å². The zero-order valence-corrected chi connectivity index (χ0v) is 11.5. The number of carbonyl (C=O) groups excluding carboxylic acids is 1. The van der Waals surface area contributed by atoms with Crippen molar-refractivity contribution in [3.05, 3.63) is 67.6 Å².